The van der Waals surface area contributed by atoms with E-state index in [0.29, 0.717) is 13.2 Å². The number of amides is 1. The van der Waals surface area contributed by atoms with Crippen LogP contribution in [-0.4, -0.2) is 27.7 Å². The Kier molecular flexibility index (Phi) is 9.09. The second-order valence-electron chi connectivity index (χ2n) is 5.41. The Morgan fingerprint density at radius 2 is 1.69 bits per heavy atom. The molecule has 6 nitrogen and oxygen atoms in total. The van der Waals surface area contributed by atoms with Gasteiger partial charge in [0.05, 0.1) is 12.2 Å². The summed E-state index contributed by atoms with van der Waals surface area (Å²) in [6.45, 7) is 5.01. The molecule has 26 heavy (non-hydrogen) atoms. The molecule has 1 fully saturated rings. The topological polar surface area (TPSA) is 77.8 Å². The first-order chi connectivity index (χ1) is 11.8. The van der Waals surface area contributed by atoms with Gasteiger partial charge >= 0.3 is 35.7 Å². The van der Waals surface area contributed by atoms with Crippen LogP contribution in [0.2, 0.25) is 0 Å². The van der Waals surface area contributed by atoms with Crippen LogP contribution in [0.15, 0.2) is 53.4 Å². The van der Waals surface area contributed by atoms with Gasteiger partial charge in [0.25, 0.3) is 0 Å². The predicted molar refractivity (Wildman–Crippen MR) is 97.4 cm³/mol. The number of sulfonamides is 1. The molecule has 0 spiro atoms. The zero-order chi connectivity index (χ0) is 18.4. The SMILES string of the molecule is Cc1ccc(S(=O)(=O)[N-]Cl)cc1.Cc1ccccc1N1CCOC1=O.[Na+]. The van der Waals surface area contributed by atoms with Gasteiger partial charge in [-0.15, -0.1) is 0 Å². The van der Waals surface area contributed by atoms with Crippen LogP contribution in [0.25, 0.3) is 4.24 Å². The number of cyclic esters (lactones) is 1. The molecule has 0 saturated carbocycles. The molecule has 1 aliphatic rings. The maximum absolute atomic E-state index is 11.2. The van der Waals surface area contributed by atoms with E-state index in [-0.39, 0.29) is 40.5 Å². The van der Waals surface area contributed by atoms with Crippen LogP contribution < -0.4 is 34.5 Å². The molecule has 9 heteroatoms. The Labute approximate surface area is 180 Å². The summed E-state index contributed by atoms with van der Waals surface area (Å²) in [5.41, 5.74) is 3.04. The fraction of sp³-hybridized carbons (Fsp3) is 0.235. The van der Waals surface area contributed by atoms with Crippen LogP contribution in [0.1, 0.15) is 11.1 Å². The molecule has 134 valence electrons. The minimum Gasteiger partial charge on any atom is -0.458 e. The van der Waals surface area contributed by atoms with E-state index in [9.17, 15) is 13.2 Å². The summed E-state index contributed by atoms with van der Waals surface area (Å²) in [6.07, 6.45) is -0.241. The maximum atomic E-state index is 11.2. The molecule has 0 N–H and O–H groups in total. The molecular formula is C17H18ClN2NaO4S. The molecule has 2 aromatic carbocycles. The zero-order valence-electron chi connectivity index (χ0n) is 14.8. The van der Waals surface area contributed by atoms with Gasteiger partial charge in [0.15, 0.2) is 0 Å². The van der Waals surface area contributed by atoms with Gasteiger partial charge in [-0.05, 0) is 37.6 Å². The number of hydrogen-bond donors (Lipinski definition) is 0. The van der Waals surface area contributed by atoms with Crippen molar-refractivity contribution >= 4 is 33.6 Å². The third-order valence-corrected chi connectivity index (χ3v) is 5.17. The van der Waals surface area contributed by atoms with E-state index in [0.717, 1.165) is 16.8 Å². The van der Waals surface area contributed by atoms with Crippen LogP contribution >= 0.6 is 11.8 Å². The van der Waals surface area contributed by atoms with E-state index < -0.39 is 10.0 Å². The minimum atomic E-state index is -3.62. The Bertz CT molecular complexity index is 844. The van der Waals surface area contributed by atoms with Crippen LogP contribution in [0.3, 0.4) is 0 Å². The molecule has 0 unspecified atom stereocenters. The molecule has 2 aromatic rings. The Balaban J connectivity index is 0.000000251. The molecule has 0 bridgehead atoms. The summed E-state index contributed by atoms with van der Waals surface area (Å²) in [4.78, 5) is 13.0. The van der Waals surface area contributed by atoms with Crippen LogP contribution in [0, 0.1) is 13.8 Å². The third-order valence-electron chi connectivity index (χ3n) is 3.58. The van der Waals surface area contributed by atoms with Crippen molar-refractivity contribution < 1.29 is 47.5 Å². The molecule has 3 rings (SSSR count). The van der Waals surface area contributed by atoms with Crippen LogP contribution in [0.4, 0.5) is 10.5 Å². The quantitative estimate of drug-likeness (QED) is 0.719. The normalized spacial score (nSPS) is 13.3. The van der Waals surface area contributed by atoms with Crippen molar-refractivity contribution in [2.75, 3.05) is 18.1 Å². The smallest absolute Gasteiger partial charge is 0.458 e. The average Bonchev–Trinajstić information content (AvgIpc) is 3.02. The van der Waals surface area contributed by atoms with Crippen molar-refractivity contribution in [2.24, 2.45) is 0 Å². The van der Waals surface area contributed by atoms with Crippen molar-refractivity contribution in [1.82, 2.24) is 0 Å². The van der Waals surface area contributed by atoms with Gasteiger partial charge in [0.1, 0.15) is 16.6 Å². The molecule has 0 radical (unpaired) electrons. The van der Waals surface area contributed by atoms with E-state index in [2.05, 4.69) is 4.24 Å². The largest absolute Gasteiger partial charge is 1.00 e. The molecule has 0 aromatic heterocycles. The summed E-state index contributed by atoms with van der Waals surface area (Å²) in [5, 5.41) is 0. The summed E-state index contributed by atoms with van der Waals surface area (Å²) < 4.78 is 29.7. The number of benzene rings is 2. The van der Waals surface area contributed by atoms with E-state index in [1.807, 2.05) is 38.1 Å². The van der Waals surface area contributed by atoms with Gasteiger partial charge in [0, 0.05) is 4.90 Å². The number of hydrogen-bond acceptors (Lipinski definition) is 4. The predicted octanol–water partition coefficient (Wildman–Crippen LogP) is 1.17. The Morgan fingerprint density at radius 3 is 2.19 bits per heavy atom. The van der Waals surface area contributed by atoms with Crippen molar-refractivity contribution in [2.45, 2.75) is 18.7 Å². The molecular weight excluding hydrogens is 387 g/mol. The van der Waals surface area contributed by atoms with Gasteiger partial charge in [0.2, 0.25) is 0 Å². The van der Waals surface area contributed by atoms with Crippen molar-refractivity contribution in [3.05, 3.63) is 63.9 Å². The van der Waals surface area contributed by atoms with Gasteiger partial charge in [-0.1, -0.05) is 35.9 Å². The summed E-state index contributed by atoms with van der Waals surface area (Å²) in [5.74, 6) is 0. The first-order valence-corrected chi connectivity index (χ1v) is 9.28. The molecule has 0 atom stereocenters. The number of carbonyl (C=O) groups is 1. The molecule has 1 heterocycles. The molecule has 1 aliphatic heterocycles. The minimum absolute atomic E-state index is 0. The summed E-state index contributed by atoms with van der Waals surface area (Å²) >= 11 is 4.90. The van der Waals surface area contributed by atoms with Crippen molar-refractivity contribution in [1.29, 1.82) is 0 Å². The molecule has 1 amide bonds. The van der Waals surface area contributed by atoms with E-state index in [1.54, 1.807) is 17.0 Å². The number of carbonyl (C=O) groups excluding carboxylic acids is 1. The second kappa shape index (κ2) is 10.3. The number of aryl methyl sites for hydroxylation is 2. The van der Waals surface area contributed by atoms with Gasteiger partial charge in [-0.3, -0.25) is 16.7 Å². The monoisotopic (exact) mass is 404 g/mol. The molecule has 0 aliphatic carbocycles. The number of anilines is 1. The van der Waals surface area contributed by atoms with Gasteiger partial charge in [-0.2, -0.15) is 0 Å². The number of para-hydroxylation sites is 1. The van der Waals surface area contributed by atoms with E-state index >= 15 is 0 Å². The number of nitrogens with zero attached hydrogens (tertiary/aromatic N) is 2. The number of halogens is 1. The Hall–Kier alpha value is -1.09. The van der Waals surface area contributed by atoms with E-state index in [4.69, 9.17) is 16.5 Å². The first-order valence-electron chi connectivity index (χ1n) is 7.50. The number of ether oxygens (including phenoxy) is 1. The second-order valence-corrected chi connectivity index (χ2v) is 7.38. The average molecular weight is 405 g/mol. The number of rotatable bonds is 3. The summed E-state index contributed by atoms with van der Waals surface area (Å²) in [6, 6.07) is 14.1. The zero-order valence-corrected chi connectivity index (χ0v) is 18.4. The van der Waals surface area contributed by atoms with Crippen LogP contribution in [-0.2, 0) is 14.8 Å². The maximum Gasteiger partial charge on any atom is 1.00 e. The van der Waals surface area contributed by atoms with E-state index in [1.165, 1.54) is 12.1 Å². The molecule has 1 saturated heterocycles. The van der Waals surface area contributed by atoms with Gasteiger partial charge < -0.3 is 8.98 Å². The fourth-order valence-corrected chi connectivity index (χ4v) is 3.03. The van der Waals surface area contributed by atoms with Crippen molar-refractivity contribution in [3.63, 3.8) is 0 Å². The Morgan fingerprint density at radius 1 is 1.08 bits per heavy atom. The first kappa shape index (κ1) is 23.0. The summed E-state index contributed by atoms with van der Waals surface area (Å²) in [7, 11) is -3.62. The fourth-order valence-electron chi connectivity index (χ4n) is 2.23. The van der Waals surface area contributed by atoms with Crippen molar-refractivity contribution in [3.8, 4) is 0 Å². The standard InChI is InChI=1S/C10H11NO2.C7H7ClNO2S.Na/c1-8-4-2-3-5-9(8)11-6-7-13-10(11)12;1-6-2-4-7(5-3-6)12(10,11)9-8;/h2-5H,6-7H2,1H3;2-5H,1H3;/q;-1;+1. The van der Waals surface area contributed by atoms with Crippen LogP contribution in [0.5, 0.6) is 0 Å². The third kappa shape index (κ3) is 5.97. The van der Waals surface area contributed by atoms with Gasteiger partial charge in [-0.25, -0.2) is 13.2 Å².